The van der Waals surface area contributed by atoms with Crippen molar-refractivity contribution in [2.24, 2.45) is 5.73 Å². The Labute approximate surface area is 147 Å². The summed E-state index contributed by atoms with van der Waals surface area (Å²) in [5.74, 6) is 0. The Bertz CT molecular complexity index is 752. The minimum atomic E-state index is -0.115. The van der Waals surface area contributed by atoms with Gasteiger partial charge in [0, 0.05) is 25.2 Å². The molecule has 0 aromatic carbocycles. The third-order valence-electron chi connectivity index (χ3n) is 4.46. The Hall–Kier alpha value is -2.19. The van der Waals surface area contributed by atoms with Crippen LogP contribution in [0.25, 0.3) is 0 Å². The average molecular weight is 346 g/mol. The van der Waals surface area contributed by atoms with Crippen molar-refractivity contribution >= 4 is 5.69 Å². The molecule has 8 heteroatoms. The minimum Gasteiger partial charge on any atom is -0.374 e. The second-order valence-electron chi connectivity index (χ2n) is 6.61. The molecule has 2 N–H and O–H groups in total. The van der Waals surface area contributed by atoms with Crippen LogP contribution >= 0.6 is 0 Å². The second-order valence-corrected chi connectivity index (χ2v) is 6.61. The number of nitrogens with two attached hydrogens (primary N) is 1. The lowest BCUT2D eigenvalue weighted by atomic mass is 10.2. The highest BCUT2D eigenvalue weighted by Gasteiger charge is 2.21. The molecule has 1 aliphatic heterocycles. The van der Waals surface area contributed by atoms with E-state index in [1.807, 2.05) is 4.57 Å². The van der Waals surface area contributed by atoms with Crippen LogP contribution in [0.1, 0.15) is 32.0 Å². The van der Waals surface area contributed by atoms with Gasteiger partial charge in [0.25, 0.3) is 5.56 Å². The van der Waals surface area contributed by atoms with Gasteiger partial charge in [-0.05, 0) is 26.8 Å². The summed E-state index contributed by atoms with van der Waals surface area (Å²) in [6.45, 7) is 7.32. The smallest absolute Gasteiger partial charge is 0.269 e. The number of hydrogen-bond donors (Lipinski definition) is 1. The van der Waals surface area contributed by atoms with Gasteiger partial charge in [-0.3, -0.25) is 4.79 Å². The Morgan fingerprint density at radius 3 is 2.96 bits per heavy atom. The van der Waals surface area contributed by atoms with Crippen LogP contribution in [-0.2, 0) is 11.3 Å². The van der Waals surface area contributed by atoms with Crippen molar-refractivity contribution in [2.45, 2.75) is 39.0 Å². The van der Waals surface area contributed by atoms with Gasteiger partial charge in [0.2, 0.25) is 0 Å². The molecule has 1 atom stereocenters. The van der Waals surface area contributed by atoms with Crippen LogP contribution < -0.4 is 16.2 Å². The van der Waals surface area contributed by atoms with Crippen molar-refractivity contribution < 1.29 is 4.74 Å². The maximum absolute atomic E-state index is 12.5. The maximum Gasteiger partial charge on any atom is 0.269 e. The number of morpholine rings is 1. The topological polar surface area (TPSA) is 91.2 Å². The summed E-state index contributed by atoms with van der Waals surface area (Å²) in [4.78, 5) is 18.8. The summed E-state index contributed by atoms with van der Waals surface area (Å²) in [6, 6.07) is 1.94. The zero-order chi connectivity index (χ0) is 17.8. The molecule has 1 unspecified atom stereocenters. The van der Waals surface area contributed by atoms with Crippen LogP contribution in [0.3, 0.4) is 0 Å². The molecular weight excluding hydrogens is 320 g/mol. The van der Waals surface area contributed by atoms with E-state index in [9.17, 15) is 4.79 Å². The summed E-state index contributed by atoms with van der Waals surface area (Å²) >= 11 is 0. The van der Waals surface area contributed by atoms with Gasteiger partial charge >= 0.3 is 0 Å². The lowest BCUT2D eigenvalue weighted by molar-refractivity contribution is 0.0368. The predicted molar refractivity (Wildman–Crippen MR) is 95.8 cm³/mol. The summed E-state index contributed by atoms with van der Waals surface area (Å²) in [6.07, 6.45) is 6.25. The summed E-state index contributed by atoms with van der Waals surface area (Å²) in [7, 11) is 0. The van der Waals surface area contributed by atoms with E-state index in [2.05, 4.69) is 28.8 Å². The molecule has 0 aliphatic carbocycles. The van der Waals surface area contributed by atoms with Gasteiger partial charge in [-0.1, -0.05) is 0 Å². The molecule has 1 fully saturated rings. The summed E-state index contributed by atoms with van der Waals surface area (Å²) in [5.41, 5.74) is 7.30. The van der Waals surface area contributed by atoms with E-state index in [0.717, 1.165) is 30.9 Å². The molecule has 3 rings (SSSR count). The second kappa shape index (κ2) is 7.79. The Morgan fingerprint density at radius 2 is 2.24 bits per heavy atom. The fourth-order valence-electron chi connectivity index (χ4n) is 3.10. The third kappa shape index (κ3) is 4.08. The zero-order valence-electron chi connectivity index (χ0n) is 14.8. The zero-order valence-corrected chi connectivity index (χ0v) is 14.8. The van der Waals surface area contributed by atoms with Gasteiger partial charge in [-0.15, -0.1) is 0 Å². The van der Waals surface area contributed by atoms with Crippen molar-refractivity contribution in [3.8, 4) is 0 Å². The normalized spacial score (nSPS) is 18.1. The van der Waals surface area contributed by atoms with E-state index in [1.54, 1.807) is 24.8 Å². The highest BCUT2D eigenvalue weighted by molar-refractivity contribution is 5.43. The fourth-order valence-corrected chi connectivity index (χ4v) is 3.10. The van der Waals surface area contributed by atoms with Crippen LogP contribution in [0.4, 0.5) is 5.69 Å². The number of imidazole rings is 1. The Balaban J connectivity index is 1.75. The van der Waals surface area contributed by atoms with E-state index in [0.29, 0.717) is 25.7 Å². The third-order valence-corrected chi connectivity index (χ3v) is 4.46. The molecule has 1 aliphatic rings. The van der Waals surface area contributed by atoms with E-state index in [4.69, 9.17) is 10.5 Å². The molecule has 0 spiro atoms. The molecule has 25 heavy (non-hydrogen) atoms. The molecule has 0 saturated carbocycles. The van der Waals surface area contributed by atoms with Crippen molar-refractivity contribution in [3.63, 3.8) is 0 Å². The quantitative estimate of drug-likeness (QED) is 0.825. The predicted octanol–water partition coefficient (Wildman–Crippen LogP) is 0.623. The number of anilines is 1. The SMILES string of the molecule is CC(C)n1cncc1Cn1ncc(N2CCOC(CCN)C2)cc1=O. The summed E-state index contributed by atoms with van der Waals surface area (Å²) < 4.78 is 9.21. The van der Waals surface area contributed by atoms with E-state index in [1.165, 1.54) is 4.68 Å². The van der Waals surface area contributed by atoms with Crippen molar-refractivity contribution in [1.29, 1.82) is 0 Å². The first-order valence-corrected chi connectivity index (χ1v) is 8.73. The largest absolute Gasteiger partial charge is 0.374 e. The number of rotatable bonds is 6. The monoisotopic (exact) mass is 346 g/mol. The van der Waals surface area contributed by atoms with Crippen LogP contribution in [0.5, 0.6) is 0 Å². The first-order valence-electron chi connectivity index (χ1n) is 8.73. The lowest BCUT2D eigenvalue weighted by Crippen LogP contribution is -2.44. The van der Waals surface area contributed by atoms with Gasteiger partial charge < -0.3 is 19.9 Å². The fraction of sp³-hybridized carbons (Fsp3) is 0.588. The molecule has 2 aromatic heterocycles. The number of nitrogens with zero attached hydrogens (tertiary/aromatic N) is 5. The number of aromatic nitrogens is 4. The highest BCUT2D eigenvalue weighted by Crippen LogP contribution is 2.16. The maximum atomic E-state index is 12.5. The summed E-state index contributed by atoms with van der Waals surface area (Å²) in [5, 5.41) is 4.36. The van der Waals surface area contributed by atoms with Crippen LogP contribution in [-0.4, -0.2) is 51.7 Å². The standard InChI is InChI=1S/C17H26N6O2/c1-13(2)22-12-19-8-15(22)10-23-17(24)7-14(9-20-23)21-5-6-25-16(11-21)3-4-18/h7-9,12-13,16H,3-6,10-11,18H2,1-2H3. The molecule has 136 valence electrons. The molecule has 0 radical (unpaired) electrons. The van der Waals surface area contributed by atoms with Crippen molar-refractivity contribution in [3.05, 3.63) is 40.8 Å². The van der Waals surface area contributed by atoms with Gasteiger partial charge in [0.05, 0.1) is 49.4 Å². The molecule has 1 saturated heterocycles. The molecule has 3 heterocycles. The molecule has 8 nitrogen and oxygen atoms in total. The molecule has 0 bridgehead atoms. The van der Waals surface area contributed by atoms with Crippen LogP contribution in [0, 0.1) is 0 Å². The number of ether oxygens (including phenoxy) is 1. The number of hydrogen-bond acceptors (Lipinski definition) is 6. The van der Waals surface area contributed by atoms with Crippen LogP contribution in [0.2, 0.25) is 0 Å². The van der Waals surface area contributed by atoms with Gasteiger partial charge in [-0.25, -0.2) is 9.67 Å². The molecular formula is C17H26N6O2. The van der Waals surface area contributed by atoms with E-state index >= 15 is 0 Å². The van der Waals surface area contributed by atoms with Gasteiger partial charge in [0.15, 0.2) is 0 Å². The highest BCUT2D eigenvalue weighted by atomic mass is 16.5. The van der Waals surface area contributed by atoms with Crippen molar-refractivity contribution in [2.75, 3.05) is 31.1 Å². The van der Waals surface area contributed by atoms with Crippen molar-refractivity contribution in [1.82, 2.24) is 19.3 Å². The molecule has 2 aromatic rings. The van der Waals surface area contributed by atoms with E-state index in [-0.39, 0.29) is 11.7 Å². The van der Waals surface area contributed by atoms with Gasteiger partial charge in [0.1, 0.15) is 0 Å². The lowest BCUT2D eigenvalue weighted by Gasteiger charge is -2.34. The Morgan fingerprint density at radius 1 is 1.40 bits per heavy atom. The first-order chi connectivity index (χ1) is 12.1. The van der Waals surface area contributed by atoms with Gasteiger partial charge in [-0.2, -0.15) is 5.10 Å². The Kier molecular flexibility index (Phi) is 5.50. The first kappa shape index (κ1) is 17.6. The molecule has 0 amide bonds. The van der Waals surface area contributed by atoms with Crippen LogP contribution in [0.15, 0.2) is 29.6 Å². The average Bonchev–Trinajstić information content (AvgIpc) is 3.06. The minimum absolute atomic E-state index is 0.113. The van der Waals surface area contributed by atoms with E-state index < -0.39 is 0 Å².